The van der Waals surface area contributed by atoms with Crippen molar-refractivity contribution in [2.45, 2.75) is 0 Å². The molecular weight excluding hydrogens is 296 g/mol. The second kappa shape index (κ2) is 5.98. The van der Waals surface area contributed by atoms with Gasteiger partial charge in [-0.2, -0.15) is 0 Å². The molecular formula is C13H10N2O3S2. The third-order valence-electron chi connectivity index (χ3n) is 2.63. The largest absolute Gasteiger partial charge is 0.296 e. The van der Waals surface area contributed by atoms with Crippen molar-refractivity contribution >= 4 is 46.0 Å². The Hall–Kier alpha value is -1.99. The van der Waals surface area contributed by atoms with Crippen LogP contribution in [0.15, 0.2) is 41.3 Å². The van der Waals surface area contributed by atoms with E-state index in [-0.39, 0.29) is 11.6 Å². The molecule has 1 aromatic carbocycles. The second-order valence-corrected chi connectivity index (χ2v) is 5.65. The number of carbonyl (C=O) groups excluding carboxylic acids is 1. The van der Waals surface area contributed by atoms with E-state index in [0.717, 1.165) is 5.56 Å². The summed E-state index contributed by atoms with van der Waals surface area (Å²) in [6, 6.07) is 6.16. The van der Waals surface area contributed by atoms with E-state index in [2.05, 4.69) is 0 Å². The molecule has 0 bridgehead atoms. The Morgan fingerprint density at radius 2 is 2.00 bits per heavy atom. The molecule has 1 aliphatic rings. The van der Waals surface area contributed by atoms with Crippen molar-refractivity contribution in [1.82, 2.24) is 4.90 Å². The maximum Gasteiger partial charge on any atom is 0.269 e. The Labute approximate surface area is 125 Å². The van der Waals surface area contributed by atoms with Gasteiger partial charge in [0.2, 0.25) is 0 Å². The van der Waals surface area contributed by atoms with Crippen molar-refractivity contribution in [3.63, 3.8) is 0 Å². The molecule has 0 spiro atoms. The number of nitro groups is 1. The van der Waals surface area contributed by atoms with Crippen LogP contribution >= 0.6 is 24.0 Å². The van der Waals surface area contributed by atoms with Crippen LogP contribution in [0.3, 0.4) is 0 Å². The van der Waals surface area contributed by atoms with Gasteiger partial charge >= 0.3 is 0 Å². The van der Waals surface area contributed by atoms with Gasteiger partial charge in [-0.25, -0.2) is 0 Å². The molecule has 1 aromatic rings. The van der Waals surface area contributed by atoms with Gasteiger partial charge in [-0.15, -0.1) is 0 Å². The average molecular weight is 306 g/mol. The molecule has 1 aliphatic heterocycles. The summed E-state index contributed by atoms with van der Waals surface area (Å²) >= 11 is 6.27. The molecule has 0 N–H and O–H groups in total. The molecule has 1 amide bonds. The van der Waals surface area contributed by atoms with Crippen molar-refractivity contribution in [3.05, 3.63) is 57.0 Å². The Bertz CT molecular complexity index is 636. The number of nitrogens with zero attached hydrogens (tertiary/aromatic N) is 2. The zero-order chi connectivity index (χ0) is 14.7. The number of thioether (sulfide) groups is 1. The summed E-state index contributed by atoms with van der Waals surface area (Å²) in [6.45, 7) is 0. The van der Waals surface area contributed by atoms with E-state index in [4.69, 9.17) is 12.2 Å². The third-order valence-corrected chi connectivity index (χ3v) is 4.13. The molecule has 0 aliphatic carbocycles. The van der Waals surface area contributed by atoms with Gasteiger partial charge in [0.1, 0.15) is 4.32 Å². The molecule has 0 aromatic heterocycles. The van der Waals surface area contributed by atoms with Crippen molar-refractivity contribution < 1.29 is 9.72 Å². The fraction of sp³-hybridized carbons (Fsp3) is 0.0769. The smallest absolute Gasteiger partial charge is 0.269 e. The van der Waals surface area contributed by atoms with E-state index in [0.29, 0.717) is 9.23 Å². The molecule has 5 nitrogen and oxygen atoms in total. The lowest BCUT2D eigenvalue weighted by atomic mass is 10.2. The number of carbonyl (C=O) groups is 1. The van der Waals surface area contributed by atoms with Crippen LogP contribution in [-0.4, -0.2) is 27.1 Å². The van der Waals surface area contributed by atoms with Crippen molar-refractivity contribution in [2.75, 3.05) is 7.05 Å². The molecule has 2 rings (SSSR count). The number of rotatable bonds is 3. The molecule has 1 heterocycles. The molecule has 102 valence electrons. The van der Waals surface area contributed by atoms with Crippen LogP contribution in [0.4, 0.5) is 5.69 Å². The number of nitro benzene ring substituents is 1. The number of hydrogen-bond acceptors (Lipinski definition) is 5. The monoisotopic (exact) mass is 306 g/mol. The fourth-order valence-electron chi connectivity index (χ4n) is 1.51. The predicted octanol–water partition coefficient (Wildman–Crippen LogP) is 2.98. The Balaban J connectivity index is 2.09. The molecule has 0 radical (unpaired) electrons. The van der Waals surface area contributed by atoms with E-state index in [1.807, 2.05) is 0 Å². The average Bonchev–Trinajstić information content (AvgIpc) is 2.67. The first-order valence-electron chi connectivity index (χ1n) is 5.62. The summed E-state index contributed by atoms with van der Waals surface area (Å²) in [4.78, 5) is 23.8. The number of amides is 1. The number of hydrogen-bond donors (Lipinski definition) is 0. The highest BCUT2D eigenvalue weighted by Crippen LogP contribution is 2.29. The van der Waals surface area contributed by atoms with E-state index >= 15 is 0 Å². The lowest BCUT2D eigenvalue weighted by Crippen LogP contribution is -2.22. The minimum Gasteiger partial charge on any atom is -0.296 e. The van der Waals surface area contributed by atoms with Crippen LogP contribution in [0.5, 0.6) is 0 Å². The van der Waals surface area contributed by atoms with Gasteiger partial charge in [0.15, 0.2) is 0 Å². The number of non-ortho nitro benzene ring substituents is 1. The minimum absolute atomic E-state index is 0.0500. The summed E-state index contributed by atoms with van der Waals surface area (Å²) < 4.78 is 0.532. The highest BCUT2D eigenvalue weighted by Gasteiger charge is 2.27. The quantitative estimate of drug-likeness (QED) is 0.372. The van der Waals surface area contributed by atoms with Crippen molar-refractivity contribution in [3.8, 4) is 0 Å². The summed E-state index contributed by atoms with van der Waals surface area (Å²) in [5.41, 5.74) is 0.868. The van der Waals surface area contributed by atoms with Crippen LogP contribution in [0.1, 0.15) is 5.56 Å². The molecule has 0 unspecified atom stereocenters. The van der Waals surface area contributed by atoms with Crippen molar-refractivity contribution in [2.24, 2.45) is 0 Å². The van der Waals surface area contributed by atoms with Gasteiger partial charge < -0.3 is 0 Å². The SMILES string of the molecule is CN1C(=O)/C(=C\C=C\c2ccc([N+](=O)[O-])cc2)SC1=S. The van der Waals surface area contributed by atoms with E-state index < -0.39 is 4.92 Å². The standard InChI is InChI=1S/C13H10N2O3S2/c1-14-12(16)11(20-13(14)19)4-2-3-9-5-7-10(8-6-9)15(17)18/h2-8H,1H3/b3-2+,11-4+. The van der Waals surface area contributed by atoms with Crippen LogP contribution < -0.4 is 0 Å². The lowest BCUT2D eigenvalue weighted by molar-refractivity contribution is -0.384. The van der Waals surface area contributed by atoms with E-state index in [9.17, 15) is 14.9 Å². The maximum absolute atomic E-state index is 11.7. The highest BCUT2D eigenvalue weighted by atomic mass is 32.2. The number of likely N-dealkylation sites (N-methyl/N-ethyl adjacent to an activating group) is 1. The van der Waals surface area contributed by atoms with Gasteiger partial charge in [-0.3, -0.25) is 19.8 Å². The predicted molar refractivity (Wildman–Crippen MR) is 83.2 cm³/mol. The topological polar surface area (TPSA) is 63.5 Å². The van der Waals surface area contributed by atoms with E-state index in [1.165, 1.54) is 28.8 Å². The van der Waals surface area contributed by atoms with Gasteiger partial charge in [0, 0.05) is 19.2 Å². The maximum atomic E-state index is 11.7. The first-order chi connectivity index (χ1) is 9.49. The lowest BCUT2D eigenvalue weighted by Gasteiger charge is -2.03. The first kappa shape index (κ1) is 14.4. The summed E-state index contributed by atoms with van der Waals surface area (Å²) in [5.74, 6) is -0.117. The Morgan fingerprint density at radius 1 is 1.35 bits per heavy atom. The second-order valence-electron chi connectivity index (χ2n) is 3.97. The number of allylic oxidation sites excluding steroid dienone is 2. The summed E-state index contributed by atoms with van der Waals surface area (Å²) in [5, 5.41) is 10.5. The van der Waals surface area contributed by atoms with E-state index in [1.54, 1.807) is 37.4 Å². The molecule has 0 saturated carbocycles. The first-order valence-corrected chi connectivity index (χ1v) is 6.84. The summed E-state index contributed by atoms with van der Waals surface area (Å²) in [7, 11) is 1.64. The Kier molecular flexibility index (Phi) is 4.31. The number of thiocarbonyl (C=S) groups is 1. The fourth-order valence-corrected chi connectivity index (χ4v) is 2.64. The van der Waals surface area contributed by atoms with Gasteiger partial charge in [-0.1, -0.05) is 36.1 Å². The normalized spacial score (nSPS) is 17.4. The molecule has 0 atom stereocenters. The molecule has 20 heavy (non-hydrogen) atoms. The van der Waals surface area contributed by atoms with Crippen molar-refractivity contribution in [1.29, 1.82) is 0 Å². The zero-order valence-corrected chi connectivity index (χ0v) is 12.1. The number of benzene rings is 1. The van der Waals surface area contributed by atoms with Crippen LogP contribution in [0.25, 0.3) is 6.08 Å². The van der Waals surface area contributed by atoms with Gasteiger partial charge in [0.25, 0.3) is 11.6 Å². The highest BCUT2D eigenvalue weighted by molar-refractivity contribution is 8.26. The molecule has 7 heteroatoms. The summed E-state index contributed by atoms with van der Waals surface area (Å²) in [6.07, 6.45) is 5.18. The van der Waals surface area contributed by atoms with Crippen LogP contribution in [-0.2, 0) is 4.79 Å². The molecule has 1 saturated heterocycles. The van der Waals surface area contributed by atoms with Gasteiger partial charge in [0.05, 0.1) is 9.83 Å². The molecule has 1 fully saturated rings. The minimum atomic E-state index is -0.444. The Morgan fingerprint density at radius 3 is 2.50 bits per heavy atom. The van der Waals surface area contributed by atoms with Gasteiger partial charge in [-0.05, 0) is 23.8 Å². The third kappa shape index (κ3) is 3.12. The van der Waals surface area contributed by atoms with Crippen LogP contribution in [0, 0.1) is 10.1 Å². The zero-order valence-electron chi connectivity index (χ0n) is 10.5. The van der Waals surface area contributed by atoms with Crippen LogP contribution in [0.2, 0.25) is 0 Å².